The number of nitrogens with zero attached hydrogens (tertiary/aromatic N) is 4. The Hall–Kier alpha value is -2.89. The molecule has 6 nitrogen and oxygen atoms in total. The van der Waals surface area contributed by atoms with Crippen LogP contribution in [0.3, 0.4) is 0 Å². The molecular formula is C18H19N5O. The van der Waals surface area contributed by atoms with E-state index in [1.807, 2.05) is 40.7 Å². The number of aryl methyl sites for hydroxylation is 1. The molecule has 1 aliphatic heterocycles. The van der Waals surface area contributed by atoms with Gasteiger partial charge in [-0.05, 0) is 37.1 Å². The fourth-order valence-corrected chi connectivity index (χ4v) is 3.12. The van der Waals surface area contributed by atoms with Crippen LogP contribution in [0.4, 0.5) is 11.5 Å². The smallest absolute Gasteiger partial charge is 0.227 e. The Kier molecular flexibility index (Phi) is 3.65. The lowest BCUT2D eigenvalue weighted by Crippen LogP contribution is -2.23. The summed E-state index contributed by atoms with van der Waals surface area (Å²) < 4.78 is 1.82. The third-order valence-electron chi connectivity index (χ3n) is 4.27. The minimum absolute atomic E-state index is 0.210. The minimum Gasteiger partial charge on any atom is -0.364 e. The number of carbonyl (C=O) groups excluding carboxylic acids is 1. The second-order valence-electron chi connectivity index (χ2n) is 6.06. The van der Waals surface area contributed by atoms with Crippen molar-refractivity contribution in [2.45, 2.75) is 26.3 Å². The lowest BCUT2D eigenvalue weighted by atomic mass is 10.2. The third-order valence-corrected chi connectivity index (χ3v) is 4.27. The summed E-state index contributed by atoms with van der Waals surface area (Å²) >= 11 is 0. The van der Waals surface area contributed by atoms with Crippen molar-refractivity contribution in [2.75, 3.05) is 16.8 Å². The highest BCUT2D eigenvalue weighted by molar-refractivity contribution is 5.95. The van der Waals surface area contributed by atoms with Gasteiger partial charge in [-0.3, -0.25) is 4.79 Å². The zero-order chi connectivity index (χ0) is 16.5. The predicted octanol–water partition coefficient (Wildman–Crippen LogP) is 2.78. The summed E-state index contributed by atoms with van der Waals surface area (Å²) in [6, 6.07) is 10.1. The number of anilines is 2. The molecule has 1 saturated heterocycles. The van der Waals surface area contributed by atoms with Gasteiger partial charge in [0.25, 0.3) is 0 Å². The Morgan fingerprint density at radius 2 is 2.21 bits per heavy atom. The Balaban J connectivity index is 1.54. The Labute approximate surface area is 140 Å². The topological polar surface area (TPSA) is 62.5 Å². The highest BCUT2D eigenvalue weighted by Crippen LogP contribution is 2.23. The Morgan fingerprint density at radius 1 is 1.29 bits per heavy atom. The SMILES string of the molecule is Cc1cc2c(NCc3cccc(N4CCCC4=O)c3)nccn2n1. The van der Waals surface area contributed by atoms with Crippen LogP contribution < -0.4 is 10.2 Å². The lowest BCUT2D eigenvalue weighted by Gasteiger charge is -2.17. The second kappa shape index (κ2) is 5.96. The van der Waals surface area contributed by atoms with Gasteiger partial charge in [0.05, 0.1) is 5.69 Å². The van der Waals surface area contributed by atoms with Gasteiger partial charge in [-0.1, -0.05) is 12.1 Å². The summed E-state index contributed by atoms with van der Waals surface area (Å²) in [7, 11) is 0. The molecule has 1 aliphatic rings. The van der Waals surface area contributed by atoms with E-state index < -0.39 is 0 Å². The van der Waals surface area contributed by atoms with Crippen LogP contribution in [-0.2, 0) is 11.3 Å². The van der Waals surface area contributed by atoms with Crippen LogP contribution in [0.15, 0.2) is 42.7 Å². The van der Waals surface area contributed by atoms with Gasteiger partial charge < -0.3 is 10.2 Å². The first kappa shape index (κ1) is 14.7. The standard InChI is InChI=1S/C18H19N5O/c1-13-10-16-18(19-7-9-23(16)21-13)20-12-14-4-2-5-15(11-14)22-8-3-6-17(22)24/h2,4-5,7,9-11H,3,6,8,12H2,1H3,(H,19,20). The molecule has 3 aromatic rings. The number of hydrogen-bond acceptors (Lipinski definition) is 4. The van der Waals surface area contributed by atoms with Gasteiger partial charge >= 0.3 is 0 Å². The monoisotopic (exact) mass is 321 g/mol. The molecule has 6 heteroatoms. The maximum Gasteiger partial charge on any atom is 0.227 e. The minimum atomic E-state index is 0.210. The average Bonchev–Trinajstić information content (AvgIpc) is 3.18. The molecule has 0 bridgehead atoms. The van der Waals surface area contributed by atoms with E-state index in [1.54, 1.807) is 6.20 Å². The predicted molar refractivity (Wildman–Crippen MR) is 93.1 cm³/mol. The van der Waals surface area contributed by atoms with Crippen molar-refractivity contribution in [3.63, 3.8) is 0 Å². The van der Waals surface area contributed by atoms with Gasteiger partial charge in [0, 0.05) is 37.6 Å². The summed E-state index contributed by atoms with van der Waals surface area (Å²) in [5, 5.41) is 7.77. The van der Waals surface area contributed by atoms with Crippen LogP contribution in [0.1, 0.15) is 24.1 Å². The summed E-state index contributed by atoms with van der Waals surface area (Å²) in [6.07, 6.45) is 5.16. The van der Waals surface area contributed by atoms with Crippen molar-refractivity contribution in [3.8, 4) is 0 Å². The number of benzene rings is 1. The lowest BCUT2D eigenvalue weighted by molar-refractivity contribution is -0.117. The van der Waals surface area contributed by atoms with Crippen molar-refractivity contribution in [1.29, 1.82) is 0 Å². The zero-order valence-corrected chi connectivity index (χ0v) is 13.6. The number of aromatic nitrogens is 3. The number of nitrogens with one attached hydrogen (secondary N) is 1. The summed E-state index contributed by atoms with van der Waals surface area (Å²) in [4.78, 5) is 18.2. The second-order valence-corrected chi connectivity index (χ2v) is 6.06. The molecule has 1 amide bonds. The largest absolute Gasteiger partial charge is 0.364 e. The normalized spacial score (nSPS) is 14.5. The third kappa shape index (κ3) is 2.71. The molecule has 1 N–H and O–H groups in total. The van der Waals surface area contributed by atoms with Crippen molar-refractivity contribution in [3.05, 3.63) is 54.0 Å². The molecular weight excluding hydrogens is 302 g/mol. The number of fused-ring (bicyclic) bond motifs is 1. The van der Waals surface area contributed by atoms with E-state index >= 15 is 0 Å². The first-order valence-electron chi connectivity index (χ1n) is 8.15. The van der Waals surface area contributed by atoms with E-state index in [2.05, 4.69) is 27.5 Å². The van der Waals surface area contributed by atoms with Gasteiger partial charge in [0.1, 0.15) is 5.52 Å². The molecule has 4 rings (SSSR count). The van der Waals surface area contributed by atoms with Crippen molar-refractivity contribution < 1.29 is 4.79 Å². The molecule has 0 saturated carbocycles. The van der Waals surface area contributed by atoms with Crippen LogP contribution in [0.5, 0.6) is 0 Å². The molecule has 0 radical (unpaired) electrons. The molecule has 1 fully saturated rings. The van der Waals surface area contributed by atoms with E-state index in [4.69, 9.17) is 0 Å². The molecule has 2 aromatic heterocycles. The van der Waals surface area contributed by atoms with Gasteiger partial charge in [0.15, 0.2) is 5.82 Å². The average molecular weight is 321 g/mol. The maximum absolute atomic E-state index is 11.9. The van der Waals surface area contributed by atoms with E-state index in [-0.39, 0.29) is 5.91 Å². The number of hydrogen-bond donors (Lipinski definition) is 1. The first-order chi connectivity index (χ1) is 11.7. The van der Waals surface area contributed by atoms with Crippen molar-refractivity contribution >= 4 is 22.9 Å². The van der Waals surface area contributed by atoms with E-state index in [0.717, 1.165) is 41.2 Å². The van der Waals surface area contributed by atoms with E-state index in [0.29, 0.717) is 13.0 Å². The Bertz CT molecular complexity index is 901. The van der Waals surface area contributed by atoms with Crippen LogP contribution in [0.25, 0.3) is 5.52 Å². The molecule has 0 spiro atoms. The molecule has 0 aliphatic carbocycles. The van der Waals surface area contributed by atoms with Gasteiger partial charge in [-0.15, -0.1) is 0 Å². The van der Waals surface area contributed by atoms with Crippen LogP contribution in [0.2, 0.25) is 0 Å². The highest BCUT2D eigenvalue weighted by Gasteiger charge is 2.21. The Morgan fingerprint density at radius 3 is 3.04 bits per heavy atom. The van der Waals surface area contributed by atoms with Crippen LogP contribution in [0, 0.1) is 6.92 Å². The molecule has 3 heterocycles. The number of rotatable bonds is 4. The first-order valence-corrected chi connectivity index (χ1v) is 8.15. The molecule has 24 heavy (non-hydrogen) atoms. The van der Waals surface area contributed by atoms with E-state index in [9.17, 15) is 4.79 Å². The highest BCUT2D eigenvalue weighted by atomic mass is 16.2. The number of carbonyl (C=O) groups is 1. The fraction of sp³-hybridized carbons (Fsp3) is 0.278. The molecule has 122 valence electrons. The summed E-state index contributed by atoms with van der Waals surface area (Å²) in [5.74, 6) is 1.02. The van der Waals surface area contributed by atoms with E-state index in [1.165, 1.54) is 0 Å². The van der Waals surface area contributed by atoms with Gasteiger partial charge in [-0.25, -0.2) is 9.50 Å². The quantitative estimate of drug-likeness (QED) is 0.802. The van der Waals surface area contributed by atoms with Gasteiger partial charge in [0.2, 0.25) is 5.91 Å². The van der Waals surface area contributed by atoms with Crippen molar-refractivity contribution in [2.24, 2.45) is 0 Å². The van der Waals surface area contributed by atoms with Crippen molar-refractivity contribution in [1.82, 2.24) is 14.6 Å². The molecule has 0 unspecified atom stereocenters. The zero-order valence-electron chi connectivity index (χ0n) is 13.6. The fourth-order valence-electron chi connectivity index (χ4n) is 3.12. The van der Waals surface area contributed by atoms with Crippen LogP contribution in [-0.4, -0.2) is 27.0 Å². The molecule has 1 aromatic carbocycles. The number of amides is 1. The summed E-state index contributed by atoms with van der Waals surface area (Å²) in [5.41, 5.74) is 4.01. The molecule has 0 atom stereocenters. The van der Waals surface area contributed by atoms with Gasteiger partial charge in [-0.2, -0.15) is 5.10 Å². The maximum atomic E-state index is 11.9. The summed E-state index contributed by atoms with van der Waals surface area (Å²) in [6.45, 7) is 3.42. The van der Waals surface area contributed by atoms with Crippen LogP contribution >= 0.6 is 0 Å².